The molecule has 0 saturated heterocycles. The van der Waals surface area contributed by atoms with E-state index in [1.807, 2.05) is 0 Å². The lowest BCUT2D eigenvalue weighted by molar-refractivity contribution is -0.394. The van der Waals surface area contributed by atoms with Gasteiger partial charge in [0.25, 0.3) is 0 Å². The maximum atomic E-state index is 13.0. The SMILES string of the molecule is CCC(F)(F)C(F)(F)C(F)(F)C(F)(F)C(=O)OC(F)(F)C(F)(F)F. The minimum absolute atomic E-state index is 0.151. The first-order valence-corrected chi connectivity index (χ1v) is 5.38. The maximum absolute atomic E-state index is 13.0. The molecule has 0 rings (SSSR count). The van der Waals surface area contributed by atoms with Gasteiger partial charge in [0.15, 0.2) is 0 Å². The zero-order valence-corrected chi connectivity index (χ0v) is 10.9. The molecule has 0 radical (unpaired) electrons. The Labute approximate surface area is 123 Å². The molecule has 0 amide bonds. The molecule has 0 aromatic carbocycles. The van der Waals surface area contributed by atoms with Crippen molar-refractivity contribution >= 4 is 5.97 Å². The van der Waals surface area contributed by atoms with E-state index < -0.39 is 48.4 Å². The summed E-state index contributed by atoms with van der Waals surface area (Å²) in [4.78, 5) is 10.4. The second-order valence-electron chi connectivity index (χ2n) is 4.19. The second kappa shape index (κ2) is 5.82. The zero-order chi connectivity index (χ0) is 20.0. The Bertz CT molecular complexity index is 478. The molecule has 0 unspecified atom stereocenters. The van der Waals surface area contributed by atoms with Crippen LogP contribution < -0.4 is 0 Å². The smallest absolute Gasteiger partial charge is 0.389 e. The first kappa shape index (κ1) is 22.6. The van der Waals surface area contributed by atoms with Crippen molar-refractivity contribution in [2.75, 3.05) is 0 Å². The van der Waals surface area contributed by atoms with Gasteiger partial charge in [-0.2, -0.15) is 57.1 Å². The average Bonchev–Trinajstić information content (AvgIpc) is 2.35. The van der Waals surface area contributed by atoms with Crippen LogP contribution in [0.25, 0.3) is 0 Å². The molecule has 15 heteroatoms. The molecule has 0 heterocycles. The van der Waals surface area contributed by atoms with Crippen LogP contribution in [0.3, 0.4) is 0 Å². The fraction of sp³-hybridized carbons (Fsp3) is 0.889. The highest BCUT2D eigenvalue weighted by Crippen LogP contribution is 2.54. The third kappa shape index (κ3) is 3.34. The third-order valence-electron chi connectivity index (χ3n) is 2.50. The molecule has 0 aliphatic heterocycles. The second-order valence-corrected chi connectivity index (χ2v) is 4.19. The van der Waals surface area contributed by atoms with Crippen LogP contribution in [0.4, 0.5) is 57.1 Å². The first-order valence-electron chi connectivity index (χ1n) is 5.38. The maximum Gasteiger partial charge on any atom is 0.501 e. The highest BCUT2D eigenvalue weighted by Gasteiger charge is 2.83. The lowest BCUT2D eigenvalue weighted by Crippen LogP contribution is -2.65. The Morgan fingerprint density at radius 2 is 1.12 bits per heavy atom. The number of hydrogen-bond acceptors (Lipinski definition) is 2. The Balaban J connectivity index is 5.85. The normalized spacial score (nSPS) is 15.4. The molecule has 0 spiro atoms. The number of rotatable bonds is 6. The van der Waals surface area contributed by atoms with Crippen LogP contribution in [0.2, 0.25) is 0 Å². The van der Waals surface area contributed by atoms with Crippen molar-refractivity contribution in [3.8, 4) is 0 Å². The van der Waals surface area contributed by atoms with Gasteiger partial charge in [-0.3, -0.25) is 0 Å². The molecule has 0 aliphatic rings. The molecule has 2 nitrogen and oxygen atoms in total. The number of carbonyl (C=O) groups excluding carboxylic acids is 1. The first-order chi connectivity index (χ1) is 10.2. The van der Waals surface area contributed by atoms with Gasteiger partial charge in [-0.25, -0.2) is 4.79 Å². The van der Waals surface area contributed by atoms with Gasteiger partial charge >= 0.3 is 41.9 Å². The number of carbonyl (C=O) groups is 1. The van der Waals surface area contributed by atoms with Crippen LogP contribution in [0, 0.1) is 0 Å². The molecule has 144 valence electrons. The molecule has 0 aliphatic carbocycles. The summed E-state index contributed by atoms with van der Waals surface area (Å²) in [6, 6.07) is 0. The van der Waals surface area contributed by atoms with Gasteiger partial charge in [0.2, 0.25) is 0 Å². The Hall–Kier alpha value is -1.44. The number of esters is 1. The van der Waals surface area contributed by atoms with Crippen molar-refractivity contribution in [3.63, 3.8) is 0 Å². The fourth-order valence-corrected chi connectivity index (χ4v) is 1.02. The number of hydrogen-bond donors (Lipinski definition) is 0. The van der Waals surface area contributed by atoms with Crippen molar-refractivity contribution < 1.29 is 66.6 Å². The molecule has 24 heavy (non-hydrogen) atoms. The van der Waals surface area contributed by atoms with Crippen LogP contribution in [0.1, 0.15) is 13.3 Å². The summed E-state index contributed by atoms with van der Waals surface area (Å²) in [5.41, 5.74) is 0. The minimum atomic E-state index is -7.35. The average molecular weight is 392 g/mol. The van der Waals surface area contributed by atoms with E-state index >= 15 is 0 Å². The van der Waals surface area contributed by atoms with Gasteiger partial charge in [0.05, 0.1) is 0 Å². The summed E-state index contributed by atoms with van der Waals surface area (Å²) in [5, 5.41) is 0. The predicted molar refractivity (Wildman–Crippen MR) is 47.2 cm³/mol. The molecule has 0 bridgehead atoms. The molecule has 0 saturated carbocycles. The molecular weight excluding hydrogens is 387 g/mol. The van der Waals surface area contributed by atoms with Crippen molar-refractivity contribution in [2.45, 2.75) is 49.3 Å². The van der Waals surface area contributed by atoms with Crippen LogP contribution in [0.5, 0.6) is 0 Å². The van der Waals surface area contributed by atoms with Crippen molar-refractivity contribution in [1.82, 2.24) is 0 Å². The fourth-order valence-electron chi connectivity index (χ4n) is 1.02. The largest absolute Gasteiger partial charge is 0.501 e. The summed E-state index contributed by atoms with van der Waals surface area (Å²) in [6.45, 7) is 0.151. The Morgan fingerprint density at radius 3 is 1.42 bits per heavy atom. The van der Waals surface area contributed by atoms with Gasteiger partial charge in [-0.1, -0.05) is 6.92 Å². The van der Waals surface area contributed by atoms with Crippen molar-refractivity contribution in [3.05, 3.63) is 0 Å². The monoisotopic (exact) mass is 392 g/mol. The lowest BCUT2D eigenvalue weighted by atomic mass is 9.97. The van der Waals surface area contributed by atoms with Crippen molar-refractivity contribution in [1.29, 1.82) is 0 Å². The quantitative estimate of drug-likeness (QED) is 0.487. The number of halogens is 13. The van der Waals surface area contributed by atoms with E-state index in [9.17, 15) is 61.9 Å². The Kier molecular flexibility index (Phi) is 5.47. The van der Waals surface area contributed by atoms with E-state index in [-0.39, 0.29) is 6.92 Å². The predicted octanol–water partition coefficient (Wildman–Crippen LogP) is 4.64. The number of ether oxygens (including phenoxy) is 1. The molecular formula is C9H5F13O2. The molecule has 0 aromatic rings. The van der Waals surface area contributed by atoms with Crippen LogP contribution in [-0.4, -0.2) is 41.9 Å². The van der Waals surface area contributed by atoms with Gasteiger partial charge in [-0.15, -0.1) is 0 Å². The molecule has 0 N–H and O–H groups in total. The standard InChI is InChI=1S/C9H5F13O2/c1-2-4(10,11)6(14,15)7(16,17)5(12,13)3(23)24-9(21,22)8(18,19)20/h2H2,1H3. The summed E-state index contributed by atoms with van der Waals surface area (Å²) in [7, 11) is 0. The van der Waals surface area contributed by atoms with Crippen LogP contribution in [-0.2, 0) is 9.53 Å². The molecule has 0 fully saturated rings. The van der Waals surface area contributed by atoms with E-state index in [4.69, 9.17) is 0 Å². The summed E-state index contributed by atoms with van der Waals surface area (Å²) in [6.07, 6.45) is -15.8. The summed E-state index contributed by atoms with van der Waals surface area (Å²) >= 11 is 0. The summed E-state index contributed by atoms with van der Waals surface area (Å²) in [5.74, 6) is -31.8. The minimum Gasteiger partial charge on any atom is -0.389 e. The highest BCUT2D eigenvalue weighted by atomic mass is 19.4. The van der Waals surface area contributed by atoms with E-state index in [0.717, 1.165) is 0 Å². The van der Waals surface area contributed by atoms with E-state index in [1.165, 1.54) is 0 Å². The van der Waals surface area contributed by atoms with E-state index in [2.05, 4.69) is 0 Å². The van der Waals surface area contributed by atoms with Gasteiger partial charge in [0, 0.05) is 6.42 Å². The molecule has 0 atom stereocenters. The topological polar surface area (TPSA) is 26.3 Å². The molecule has 0 aromatic heterocycles. The van der Waals surface area contributed by atoms with Crippen LogP contribution >= 0.6 is 0 Å². The number of alkyl halides is 13. The van der Waals surface area contributed by atoms with Crippen molar-refractivity contribution in [2.24, 2.45) is 0 Å². The van der Waals surface area contributed by atoms with Crippen LogP contribution in [0.15, 0.2) is 0 Å². The van der Waals surface area contributed by atoms with Gasteiger partial charge < -0.3 is 4.74 Å². The third-order valence-corrected chi connectivity index (χ3v) is 2.50. The lowest BCUT2D eigenvalue weighted by Gasteiger charge is -2.35. The van der Waals surface area contributed by atoms with E-state index in [1.54, 1.807) is 4.74 Å². The summed E-state index contributed by atoms with van der Waals surface area (Å²) < 4.78 is 164. The highest BCUT2D eigenvalue weighted by molar-refractivity contribution is 5.79. The van der Waals surface area contributed by atoms with Gasteiger partial charge in [-0.05, 0) is 0 Å². The van der Waals surface area contributed by atoms with Gasteiger partial charge in [0.1, 0.15) is 0 Å². The zero-order valence-electron chi connectivity index (χ0n) is 10.9. The Morgan fingerprint density at radius 1 is 0.750 bits per heavy atom. The van der Waals surface area contributed by atoms with E-state index in [0.29, 0.717) is 0 Å².